The van der Waals surface area contributed by atoms with E-state index in [2.05, 4.69) is 10.6 Å². The van der Waals surface area contributed by atoms with E-state index in [1.54, 1.807) is 18.2 Å². The number of rotatable bonds is 5. The third-order valence-corrected chi connectivity index (χ3v) is 3.88. The summed E-state index contributed by atoms with van der Waals surface area (Å²) in [6.45, 7) is 0.335. The average molecular weight is 280 g/mol. The number of carbonyl (C=O) groups excluding carboxylic acids is 1. The van der Waals surface area contributed by atoms with E-state index in [4.69, 9.17) is 0 Å². The normalized spacial score (nSPS) is 16.9. The molecule has 0 atom stereocenters. The van der Waals surface area contributed by atoms with Crippen molar-refractivity contribution >= 4 is 6.03 Å². The first kappa shape index (κ1) is 14.8. The molecule has 3 N–H and O–H groups in total. The average Bonchev–Trinajstić information content (AvgIpc) is 2.90. The summed E-state index contributed by atoms with van der Waals surface area (Å²) in [6.07, 6.45) is 4.12. The van der Waals surface area contributed by atoms with Crippen LogP contribution in [0.15, 0.2) is 24.3 Å². The van der Waals surface area contributed by atoms with Crippen molar-refractivity contribution in [3.05, 3.63) is 35.6 Å². The molecule has 2 rings (SSSR count). The molecule has 2 amide bonds. The second-order valence-electron chi connectivity index (χ2n) is 5.37. The van der Waals surface area contributed by atoms with Gasteiger partial charge in [0.05, 0.1) is 12.1 Å². The Morgan fingerprint density at radius 1 is 1.30 bits per heavy atom. The Kier molecular flexibility index (Phi) is 4.95. The number of halogens is 1. The Morgan fingerprint density at radius 2 is 2.00 bits per heavy atom. The van der Waals surface area contributed by atoms with Crippen LogP contribution in [-0.4, -0.2) is 29.8 Å². The number of hydrogen-bond donors (Lipinski definition) is 3. The molecule has 1 aromatic carbocycles. The Bertz CT molecular complexity index is 459. The second-order valence-corrected chi connectivity index (χ2v) is 5.37. The van der Waals surface area contributed by atoms with E-state index >= 15 is 0 Å². The number of hydrogen-bond acceptors (Lipinski definition) is 2. The lowest BCUT2D eigenvalue weighted by molar-refractivity contribution is 0.163. The van der Waals surface area contributed by atoms with Crippen molar-refractivity contribution in [2.75, 3.05) is 13.2 Å². The number of carbonyl (C=O) groups is 1. The SMILES string of the molecule is O=C(NCCc1ccccc1F)NC1(CO)CCCC1. The first-order chi connectivity index (χ1) is 9.65. The van der Waals surface area contributed by atoms with Gasteiger partial charge in [-0.05, 0) is 30.9 Å². The molecule has 0 aromatic heterocycles. The van der Waals surface area contributed by atoms with Crippen LogP contribution in [0.25, 0.3) is 0 Å². The summed E-state index contributed by atoms with van der Waals surface area (Å²) in [6, 6.07) is 6.25. The fourth-order valence-corrected chi connectivity index (χ4v) is 2.67. The number of aliphatic hydroxyl groups is 1. The minimum absolute atomic E-state index is 0.0340. The number of urea groups is 1. The lowest BCUT2D eigenvalue weighted by Crippen LogP contribution is -2.53. The fourth-order valence-electron chi connectivity index (χ4n) is 2.67. The fraction of sp³-hybridized carbons (Fsp3) is 0.533. The molecule has 1 saturated carbocycles. The quantitative estimate of drug-likeness (QED) is 0.772. The second kappa shape index (κ2) is 6.70. The lowest BCUT2D eigenvalue weighted by atomic mass is 9.99. The van der Waals surface area contributed by atoms with E-state index < -0.39 is 5.54 Å². The maximum absolute atomic E-state index is 13.4. The Balaban J connectivity index is 1.77. The molecule has 1 aromatic rings. The van der Waals surface area contributed by atoms with Gasteiger partial charge in [0.15, 0.2) is 0 Å². The van der Waals surface area contributed by atoms with Crippen molar-refractivity contribution in [1.29, 1.82) is 0 Å². The molecule has 0 bridgehead atoms. The number of nitrogens with one attached hydrogen (secondary N) is 2. The van der Waals surface area contributed by atoms with Gasteiger partial charge in [0.25, 0.3) is 0 Å². The van der Waals surface area contributed by atoms with E-state index in [1.807, 2.05) is 0 Å². The molecule has 1 fully saturated rings. The predicted molar refractivity (Wildman–Crippen MR) is 74.9 cm³/mol. The lowest BCUT2D eigenvalue weighted by Gasteiger charge is -2.27. The van der Waals surface area contributed by atoms with Crippen LogP contribution in [0.2, 0.25) is 0 Å². The molecule has 0 radical (unpaired) electrons. The summed E-state index contributed by atoms with van der Waals surface area (Å²) in [5, 5.41) is 15.0. The summed E-state index contributed by atoms with van der Waals surface area (Å²) in [5.41, 5.74) is 0.118. The van der Waals surface area contributed by atoms with Crippen molar-refractivity contribution in [2.24, 2.45) is 0 Å². The van der Waals surface area contributed by atoms with E-state index in [0.717, 1.165) is 25.7 Å². The van der Waals surface area contributed by atoms with Crippen LogP contribution in [0, 0.1) is 5.82 Å². The highest BCUT2D eigenvalue weighted by atomic mass is 19.1. The highest BCUT2D eigenvalue weighted by molar-refractivity contribution is 5.74. The van der Waals surface area contributed by atoms with E-state index in [1.165, 1.54) is 6.07 Å². The Morgan fingerprint density at radius 3 is 2.65 bits per heavy atom. The Hall–Kier alpha value is -1.62. The van der Waals surface area contributed by atoms with E-state index in [0.29, 0.717) is 18.5 Å². The van der Waals surface area contributed by atoms with Gasteiger partial charge in [-0.2, -0.15) is 0 Å². The van der Waals surface area contributed by atoms with Gasteiger partial charge in [0, 0.05) is 6.54 Å². The maximum Gasteiger partial charge on any atom is 0.315 e. The van der Waals surface area contributed by atoms with Crippen molar-refractivity contribution < 1.29 is 14.3 Å². The van der Waals surface area contributed by atoms with Gasteiger partial charge < -0.3 is 15.7 Å². The van der Waals surface area contributed by atoms with Crippen LogP contribution >= 0.6 is 0 Å². The van der Waals surface area contributed by atoms with E-state index in [-0.39, 0.29) is 18.5 Å². The molecule has 110 valence electrons. The molecule has 4 nitrogen and oxygen atoms in total. The molecule has 0 spiro atoms. The summed E-state index contributed by atoms with van der Waals surface area (Å²) < 4.78 is 13.4. The zero-order chi connectivity index (χ0) is 14.4. The highest BCUT2D eigenvalue weighted by Crippen LogP contribution is 2.28. The van der Waals surface area contributed by atoms with Gasteiger partial charge in [-0.15, -0.1) is 0 Å². The molecule has 0 saturated heterocycles. The summed E-state index contributed by atoms with van der Waals surface area (Å²) in [5.74, 6) is -0.252. The zero-order valence-electron chi connectivity index (χ0n) is 11.5. The summed E-state index contributed by atoms with van der Waals surface area (Å²) >= 11 is 0. The van der Waals surface area contributed by atoms with E-state index in [9.17, 15) is 14.3 Å². The zero-order valence-corrected chi connectivity index (χ0v) is 11.5. The van der Waals surface area contributed by atoms with Crippen LogP contribution in [0.5, 0.6) is 0 Å². The minimum Gasteiger partial charge on any atom is -0.394 e. The predicted octanol–water partition coefficient (Wildman–Crippen LogP) is 1.97. The van der Waals surface area contributed by atoms with Crippen LogP contribution in [0.4, 0.5) is 9.18 Å². The minimum atomic E-state index is -0.470. The van der Waals surface area contributed by atoms with Crippen molar-refractivity contribution in [1.82, 2.24) is 10.6 Å². The third-order valence-electron chi connectivity index (χ3n) is 3.88. The summed E-state index contributed by atoms with van der Waals surface area (Å²) in [4.78, 5) is 11.8. The number of amides is 2. The first-order valence-electron chi connectivity index (χ1n) is 7.05. The van der Waals surface area contributed by atoms with Gasteiger partial charge in [-0.3, -0.25) is 0 Å². The monoisotopic (exact) mass is 280 g/mol. The van der Waals surface area contributed by atoms with Gasteiger partial charge in [-0.1, -0.05) is 31.0 Å². The van der Waals surface area contributed by atoms with Gasteiger partial charge >= 0.3 is 6.03 Å². The molecular formula is C15H21FN2O2. The standard InChI is InChI=1S/C15H21FN2O2/c16-13-6-2-1-5-12(13)7-10-17-14(20)18-15(11-19)8-3-4-9-15/h1-2,5-6,19H,3-4,7-11H2,(H2,17,18,20). The summed E-state index contributed by atoms with van der Waals surface area (Å²) in [7, 11) is 0. The molecule has 0 heterocycles. The van der Waals surface area contributed by atoms with Crippen molar-refractivity contribution in [3.63, 3.8) is 0 Å². The molecule has 1 aliphatic carbocycles. The van der Waals surface area contributed by atoms with Crippen LogP contribution in [-0.2, 0) is 6.42 Å². The van der Waals surface area contributed by atoms with Crippen LogP contribution in [0.1, 0.15) is 31.2 Å². The van der Waals surface area contributed by atoms with Crippen LogP contribution < -0.4 is 10.6 Å². The molecule has 20 heavy (non-hydrogen) atoms. The molecule has 5 heteroatoms. The molecule has 0 unspecified atom stereocenters. The highest BCUT2D eigenvalue weighted by Gasteiger charge is 2.34. The number of aliphatic hydroxyl groups excluding tert-OH is 1. The molecule has 1 aliphatic rings. The maximum atomic E-state index is 13.4. The van der Waals surface area contributed by atoms with Crippen molar-refractivity contribution in [2.45, 2.75) is 37.6 Å². The Labute approximate surface area is 118 Å². The van der Waals surface area contributed by atoms with Gasteiger partial charge in [0.2, 0.25) is 0 Å². The largest absolute Gasteiger partial charge is 0.394 e. The van der Waals surface area contributed by atoms with Gasteiger partial charge in [-0.25, -0.2) is 9.18 Å². The first-order valence-corrected chi connectivity index (χ1v) is 7.05. The van der Waals surface area contributed by atoms with Crippen molar-refractivity contribution in [3.8, 4) is 0 Å². The molecular weight excluding hydrogens is 259 g/mol. The van der Waals surface area contributed by atoms with Crippen LogP contribution in [0.3, 0.4) is 0 Å². The molecule has 0 aliphatic heterocycles. The smallest absolute Gasteiger partial charge is 0.315 e. The third kappa shape index (κ3) is 3.70. The topological polar surface area (TPSA) is 61.4 Å². The van der Waals surface area contributed by atoms with Gasteiger partial charge in [0.1, 0.15) is 5.82 Å². The number of benzene rings is 1.